The van der Waals surface area contributed by atoms with Crippen LogP contribution < -0.4 is 16.8 Å². The smallest absolute Gasteiger partial charge is 0.250 e. The number of primary amides is 1. The molecule has 0 bridgehead atoms. The Kier molecular flexibility index (Phi) is 3.57. The molecule has 5 heteroatoms. The number of amides is 2. The number of carbonyl (C=O) groups is 2. The van der Waals surface area contributed by atoms with Gasteiger partial charge in [0.25, 0.3) is 5.91 Å². The van der Waals surface area contributed by atoms with Gasteiger partial charge in [-0.2, -0.15) is 0 Å². The summed E-state index contributed by atoms with van der Waals surface area (Å²) in [7, 11) is 0. The van der Waals surface area contributed by atoms with Gasteiger partial charge in [0.2, 0.25) is 5.91 Å². The summed E-state index contributed by atoms with van der Waals surface area (Å²) in [6, 6.07) is 6.57. The topological polar surface area (TPSA) is 98.2 Å². The zero-order valence-electron chi connectivity index (χ0n) is 11.0. The molecule has 1 aromatic carbocycles. The van der Waals surface area contributed by atoms with Gasteiger partial charge in [-0.25, -0.2) is 0 Å². The fraction of sp³-hybridized carbons (Fsp3) is 0.429. The van der Waals surface area contributed by atoms with Crippen LogP contribution >= 0.6 is 0 Å². The molecule has 5 nitrogen and oxygen atoms in total. The molecule has 0 spiro atoms. The van der Waals surface area contributed by atoms with E-state index in [1.165, 1.54) is 0 Å². The second kappa shape index (κ2) is 5.01. The highest BCUT2D eigenvalue weighted by Crippen LogP contribution is 2.37. The molecule has 5 N–H and O–H groups in total. The molecule has 102 valence electrons. The Balaban J connectivity index is 2.22. The van der Waals surface area contributed by atoms with Crippen molar-refractivity contribution < 1.29 is 9.59 Å². The standard InChI is InChI=1S/C14H19N3O2/c1-14(8-4-7-11(14)15)13(19)17-10-6-3-2-5-9(10)12(16)18/h2-3,5-6,11H,4,7-8,15H2,1H3,(H2,16,18)(H,17,19). The normalized spacial score (nSPS) is 26.1. The number of benzene rings is 1. The van der Waals surface area contributed by atoms with Crippen LogP contribution in [0.3, 0.4) is 0 Å². The van der Waals surface area contributed by atoms with E-state index in [0.717, 1.165) is 19.3 Å². The van der Waals surface area contributed by atoms with E-state index in [1.807, 2.05) is 6.92 Å². The highest BCUT2D eigenvalue weighted by Gasteiger charge is 2.43. The number of carbonyl (C=O) groups excluding carboxylic acids is 2. The molecule has 2 amide bonds. The molecule has 0 saturated heterocycles. The first-order valence-corrected chi connectivity index (χ1v) is 6.41. The van der Waals surface area contributed by atoms with Crippen LogP contribution in [0.2, 0.25) is 0 Å². The molecule has 0 aromatic heterocycles. The molecule has 1 fully saturated rings. The maximum absolute atomic E-state index is 12.4. The summed E-state index contributed by atoms with van der Waals surface area (Å²) in [5.41, 5.74) is 11.5. The van der Waals surface area contributed by atoms with Gasteiger partial charge in [0, 0.05) is 6.04 Å². The van der Waals surface area contributed by atoms with Crippen molar-refractivity contribution in [2.75, 3.05) is 5.32 Å². The molecule has 1 aliphatic rings. The summed E-state index contributed by atoms with van der Waals surface area (Å²) in [6.07, 6.45) is 2.56. The second-order valence-electron chi connectivity index (χ2n) is 5.28. The van der Waals surface area contributed by atoms with Crippen LogP contribution in [0.4, 0.5) is 5.69 Å². The van der Waals surface area contributed by atoms with Gasteiger partial charge in [-0.1, -0.05) is 18.6 Å². The van der Waals surface area contributed by atoms with E-state index < -0.39 is 11.3 Å². The summed E-state index contributed by atoms with van der Waals surface area (Å²) in [4.78, 5) is 23.7. The van der Waals surface area contributed by atoms with Gasteiger partial charge in [0.1, 0.15) is 0 Å². The minimum absolute atomic E-state index is 0.145. The van der Waals surface area contributed by atoms with E-state index in [1.54, 1.807) is 24.3 Å². The van der Waals surface area contributed by atoms with E-state index in [4.69, 9.17) is 11.5 Å². The van der Waals surface area contributed by atoms with Gasteiger partial charge < -0.3 is 16.8 Å². The molecule has 19 heavy (non-hydrogen) atoms. The van der Waals surface area contributed by atoms with E-state index in [9.17, 15) is 9.59 Å². The SMILES string of the molecule is CC1(C(=O)Nc2ccccc2C(N)=O)CCCC1N. The summed E-state index contributed by atoms with van der Waals surface area (Å²) >= 11 is 0. The molecular formula is C14H19N3O2. The minimum Gasteiger partial charge on any atom is -0.366 e. The summed E-state index contributed by atoms with van der Waals surface area (Å²) in [6.45, 7) is 1.87. The fourth-order valence-corrected chi connectivity index (χ4v) is 2.55. The van der Waals surface area contributed by atoms with Gasteiger partial charge in [-0.15, -0.1) is 0 Å². The Bertz CT molecular complexity index is 515. The lowest BCUT2D eigenvalue weighted by molar-refractivity contribution is -0.125. The Morgan fingerprint density at radius 3 is 2.63 bits per heavy atom. The maximum Gasteiger partial charge on any atom is 0.250 e. The summed E-state index contributed by atoms with van der Waals surface area (Å²) in [5, 5.41) is 2.78. The van der Waals surface area contributed by atoms with Gasteiger partial charge in [0.15, 0.2) is 0 Å². The van der Waals surface area contributed by atoms with Gasteiger partial charge >= 0.3 is 0 Å². The number of para-hydroxylation sites is 1. The largest absolute Gasteiger partial charge is 0.366 e. The average Bonchev–Trinajstić information content (AvgIpc) is 2.71. The van der Waals surface area contributed by atoms with Gasteiger partial charge in [-0.3, -0.25) is 9.59 Å². The van der Waals surface area contributed by atoms with Crippen LogP contribution in [-0.2, 0) is 4.79 Å². The third-order valence-electron chi connectivity index (χ3n) is 3.99. The monoisotopic (exact) mass is 261 g/mol. The highest BCUT2D eigenvalue weighted by molar-refractivity contribution is 6.04. The summed E-state index contributed by atoms with van der Waals surface area (Å²) in [5.74, 6) is -0.706. The van der Waals surface area contributed by atoms with Crippen LogP contribution in [-0.4, -0.2) is 17.9 Å². The van der Waals surface area contributed by atoms with E-state index in [2.05, 4.69) is 5.32 Å². The van der Waals surface area contributed by atoms with Crippen molar-refractivity contribution in [3.63, 3.8) is 0 Å². The first-order valence-electron chi connectivity index (χ1n) is 6.41. The third kappa shape index (κ3) is 2.46. The number of nitrogens with one attached hydrogen (secondary N) is 1. The van der Waals surface area contributed by atoms with Crippen LogP contribution in [0.1, 0.15) is 36.5 Å². The Morgan fingerprint density at radius 1 is 1.37 bits per heavy atom. The van der Waals surface area contributed by atoms with Crippen molar-refractivity contribution in [1.82, 2.24) is 0 Å². The minimum atomic E-state index is -0.579. The molecule has 0 radical (unpaired) electrons. The molecule has 1 saturated carbocycles. The van der Waals surface area contributed by atoms with Crippen LogP contribution in [0.5, 0.6) is 0 Å². The van der Waals surface area contributed by atoms with Crippen LogP contribution in [0.15, 0.2) is 24.3 Å². The van der Waals surface area contributed by atoms with Crippen molar-refractivity contribution in [1.29, 1.82) is 0 Å². The van der Waals surface area contributed by atoms with Crippen molar-refractivity contribution in [2.24, 2.45) is 16.9 Å². The maximum atomic E-state index is 12.4. The van der Waals surface area contributed by atoms with Crippen LogP contribution in [0.25, 0.3) is 0 Å². The zero-order valence-corrected chi connectivity index (χ0v) is 11.0. The Labute approximate surface area is 112 Å². The number of rotatable bonds is 3. The molecule has 2 unspecified atom stereocenters. The molecule has 0 heterocycles. The van der Waals surface area contributed by atoms with Crippen molar-refractivity contribution in [3.8, 4) is 0 Å². The van der Waals surface area contributed by atoms with E-state index >= 15 is 0 Å². The number of hydrogen-bond donors (Lipinski definition) is 3. The Morgan fingerprint density at radius 2 is 2.05 bits per heavy atom. The number of anilines is 1. The predicted octanol–water partition coefficient (Wildman–Crippen LogP) is 1.24. The molecule has 2 rings (SSSR count). The van der Waals surface area contributed by atoms with Crippen LogP contribution in [0, 0.1) is 5.41 Å². The fourth-order valence-electron chi connectivity index (χ4n) is 2.55. The number of hydrogen-bond acceptors (Lipinski definition) is 3. The van der Waals surface area contributed by atoms with E-state index in [-0.39, 0.29) is 11.9 Å². The van der Waals surface area contributed by atoms with E-state index in [0.29, 0.717) is 11.3 Å². The molecule has 1 aliphatic carbocycles. The lowest BCUT2D eigenvalue weighted by Crippen LogP contribution is -2.44. The van der Waals surface area contributed by atoms with Gasteiger partial charge in [0.05, 0.1) is 16.7 Å². The number of nitrogens with two attached hydrogens (primary N) is 2. The molecule has 0 aliphatic heterocycles. The van der Waals surface area contributed by atoms with Crippen molar-refractivity contribution >= 4 is 17.5 Å². The third-order valence-corrected chi connectivity index (χ3v) is 3.99. The van der Waals surface area contributed by atoms with Crippen molar-refractivity contribution in [2.45, 2.75) is 32.2 Å². The average molecular weight is 261 g/mol. The zero-order chi connectivity index (χ0) is 14.0. The second-order valence-corrected chi connectivity index (χ2v) is 5.28. The molecule has 2 atom stereocenters. The molecular weight excluding hydrogens is 242 g/mol. The first kappa shape index (κ1) is 13.5. The first-order chi connectivity index (χ1) is 8.95. The predicted molar refractivity (Wildman–Crippen MR) is 73.5 cm³/mol. The molecule has 1 aromatic rings. The Hall–Kier alpha value is -1.88. The highest BCUT2D eigenvalue weighted by atomic mass is 16.2. The van der Waals surface area contributed by atoms with Crippen molar-refractivity contribution in [3.05, 3.63) is 29.8 Å². The van der Waals surface area contributed by atoms with Gasteiger partial charge in [-0.05, 0) is 31.9 Å². The lowest BCUT2D eigenvalue weighted by atomic mass is 9.84. The lowest BCUT2D eigenvalue weighted by Gasteiger charge is -2.27. The summed E-state index contributed by atoms with van der Waals surface area (Å²) < 4.78 is 0. The quantitative estimate of drug-likeness (QED) is 0.763.